The summed E-state index contributed by atoms with van der Waals surface area (Å²) >= 11 is 0. The van der Waals surface area contributed by atoms with E-state index in [1.54, 1.807) is 55.5 Å². The number of rotatable bonds is 5. The monoisotopic (exact) mass is 406 g/mol. The van der Waals surface area contributed by atoms with Gasteiger partial charge in [-0.25, -0.2) is 0 Å². The van der Waals surface area contributed by atoms with Crippen molar-refractivity contribution >= 4 is 22.6 Å². The van der Waals surface area contributed by atoms with Gasteiger partial charge in [0.15, 0.2) is 5.69 Å². The van der Waals surface area contributed by atoms with Crippen LogP contribution in [0.1, 0.15) is 38.2 Å². The van der Waals surface area contributed by atoms with Crippen LogP contribution in [-0.2, 0) is 4.79 Å². The molecular weight excluding hydrogens is 380 g/mol. The zero-order valence-electron chi connectivity index (χ0n) is 17.7. The molecule has 156 valence electrons. The molecule has 1 N–H and O–H groups in total. The van der Waals surface area contributed by atoms with Crippen molar-refractivity contribution in [1.82, 2.24) is 20.0 Å². The van der Waals surface area contributed by atoms with Crippen molar-refractivity contribution in [3.63, 3.8) is 0 Å². The topological polar surface area (TPSA) is 84.3 Å². The van der Waals surface area contributed by atoms with Crippen molar-refractivity contribution in [2.45, 2.75) is 33.2 Å². The summed E-state index contributed by atoms with van der Waals surface area (Å²) in [6.07, 6.45) is 0. The summed E-state index contributed by atoms with van der Waals surface area (Å²) < 4.78 is 1.23. The van der Waals surface area contributed by atoms with Crippen LogP contribution in [0, 0.1) is 0 Å². The highest BCUT2D eigenvalue weighted by Gasteiger charge is 2.24. The second-order valence-electron chi connectivity index (χ2n) is 8.06. The first-order valence-electron chi connectivity index (χ1n) is 9.89. The van der Waals surface area contributed by atoms with Crippen molar-refractivity contribution in [3.05, 3.63) is 70.6 Å². The van der Waals surface area contributed by atoms with Gasteiger partial charge in [-0.05, 0) is 45.9 Å². The summed E-state index contributed by atoms with van der Waals surface area (Å²) in [5.41, 5.74) is 0.00236. The number of para-hydroxylation sites is 1. The second kappa shape index (κ2) is 8.49. The van der Waals surface area contributed by atoms with Gasteiger partial charge >= 0.3 is 0 Å². The van der Waals surface area contributed by atoms with E-state index in [9.17, 15) is 14.4 Å². The van der Waals surface area contributed by atoms with Crippen LogP contribution in [0.2, 0.25) is 0 Å². The van der Waals surface area contributed by atoms with Gasteiger partial charge in [0.1, 0.15) is 0 Å². The molecule has 0 aliphatic rings. The summed E-state index contributed by atoms with van der Waals surface area (Å²) in [5.74, 6) is -0.652. The van der Waals surface area contributed by atoms with Crippen LogP contribution in [0.4, 0.5) is 0 Å². The highest BCUT2D eigenvalue weighted by molar-refractivity contribution is 6.05. The zero-order valence-corrected chi connectivity index (χ0v) is 17.7. The van der Waals surface area contributed by atoms with Crippen LogP contribution < -0.4 is 10.9 Å². The summed E-state index contributed by atoms with van der Waals surface area (Å²) in [7, 11) is 0. The first-order chi connectivity index (χ1) is 14.2. The Morgan fingerprint density at radius 3 is 2.20 bits per heavy atom. The number of fused-ring (bicyclic) bond motifs is 1. The highest BCUT2D eigenvalue weighted by atomic mass is 16.2. The van der Waals surface area contributed by atoms with E-state index in [-0.39, 0.29) is 23.7 Å². The number of benzene rings is 2. The fourth-order valence-electron chi connectivity index (χ4n) is 3.20. The third-order valence-corrected chi connectivity index (χ3v) is 4.53. The van der Waals surface area contributed by atoms with Crippen molar-refractivity contribution in [1.29, 1.82) is 0 Å². The first-order valence-corrected chi connectivity index (χ1v) is 9.89. The van der Waals surface area contributed by atoms with Crippen LogP contribution in [0.25, 0.3) is 16.5 Å². The van der Waals surface area contributed by atoms with Gasteiger partial charge in [-0.2, -0.15) is 9.78 Å². The standard InChI is InChI=1S/C23H26N4O3/c1-5-26(15-19(28)24-23(2,3)4)22(30)20-17-13-9-10-14-18(17)21(29)27(25-20)16-11-7-6-8-12-16/h6-14H,5,15H2,1-4H3,(H,24,28). The zero-order chi connectivity index (χ0) is 21.9. The van der Waals surface area contributed by atoms with E-state index in [0.717, 1.165) is 0 Å². The molecule has 0 aliphatic carbocycles. The minimum atomic E-state index is -0.401. The lowest BCUT2D eigenvalue weighted by molar-refractivity contribution is -0.123. The normalized spacial score (nSPS) is 11.3. The van der Waals surface area contributed by atoms with Crippen LogP contribution >= 0.6 is 0 Å². The van der Waals surface area contributed by atoms with E-state index < -0.39 is 11.4 Å². The highest BCUT2D eigenvalue weighted by Crippen LogP contribution is 2.17. The van der Waals surface area contributed by atoms with Gasteiger partial charge in [0.05, 0.1) is 17.6 Å². The molecule has 1 heterocycles. The molecule has 0 saturated heterocycles. The number of hydrogen-bond donors (Lipinski definition) is 1. The lowest BCUT2D eigenvalue weighted by atomic mass is 10.1. The van der Waals surface area contributed by atoms with Gasteiger partial charge in [0.2, 0.25) is 5.91 Å². The predicted molar refractivity (Wildman–Crippen MR) is 117 cm³/mol. The molecule has 0 fully saturated rings. The third kappa shape index (κ3) is 4.56. The van der Waals surface area contributed by atoms with Crippen molar-refractivity contribution in [3.8, 4) is 5.69 Å². The van der Waals surface area contributed by atoms with Gasteiger partial charge in [-0.15, -0.1) is 0 Å². The Balaban J connectivity index is 2.08. The molecule has 2 aromatic carbocycles. The number of nitrogens with zero attached hydrogens (tertiary/aromatic N) is 3. The second-order valence-corrected chi connectivity index (χ2v) is 8.06. The molecule has 0 bridgehead atoms. The summed E-state index contributed by atoms with van der Waals surface area (Å²) in [6, 6.07) is 15.8. The Labute approximate surface area is 175 Å². The third-order valence-electron chi connectivity index (χ3n) is 4.53. The van der Waals surface area contributed by atoms with Gasteiger partial charge < -0.3 is 10.2 Å². The van der Waals surface area contributed by atoms with Crippen molar-refractivity contribution in [2.75, 3.05) is 13.1 Å². The number of amides is 2. The molecule has 0 aliphatic heterocycles. The fraction of sp³-hybridized carbons (Fsp3) is 0.304. The molecule has 30 heavy (non-hydrogen) atoms. The number of nitrogens with one attached hydrogen (secondary N) is 1. The molecule has 0 atom stereocenters. The predicted octanol–water partition coefficient (Wildman–Crippen LogP) is 2.76. The molecule has 7 nitrogen and oxygen atoms in total. The van der Waals surface area contributed by atoms with E-state index in [2.05, 4.69) is 10.4 Å². The van der Waals surface area contributed by atoms with Crippen LogP contribution in [0.3, 0.4) is 0 Å². The largest absolute Gasteiger partial charge is 0.350 e. The van der Waals surface area contributed by atoms with Gasteiger partial charge in [0, 0.05) is 17.5 Å². The Bertz CT molecular complexity index is 1130. The Hall–Kier alpha value is -3.48. The number of likely N-dealkylation sites (N-methyl/N-ethyl adjacent to an activating group) is 1. The van der Waals surface area contributed by atoms with E-state index >= 15 is 0 Å². The smallest absolute Gasteiger partial charge is 0.279 e. The average molecular weight is 406 g/mol. The Morgan fingerprint density at radius 1 is 1.00 bits per heavy atom. The number of carbonyl (C=O) groups excluding carboxylic acids is 2. The summed E-state index contributed by atoms with van der Waals surface area (Å²) in [5, 5.41) is 8.13. The molecule has 2 amide bonds. The Morgan fingerprint density at radius 2 is 1.60 bits per heavy atom. The van der Waals surface area contributed by atoms with E-state index in [4.69, 9.17) is 0 Å². The summed E-state index contributed by atoms with van der Waals surface area (Å²) in [4.78, 5) is 40.2. The van der Waals surface area contributed by atoms with Crippen LogP contribution in [-0.4, -0.2) is 45.1 Å². The Kier molecular flexibility index (Phi) is 6.01. The van der Waals surface area contributed by atoms with E-state index in [1.807, 2.05) is 26.8 Å². The van der Waals surface area contributed by atoms with Crippen molar-refractivity contribution < 1.29 is 9.59 Å². The summed E-state index contributed by atoms with van der Waals surface area (Å²) in [6.45, 7) is 7.69. The number of aromatic nitrogens is 2. The molecule has 0 saturated carbocycles. The molecule has 7 heteroatoms. The van der Waals surface area contributed by atoms with Gasteiger partial charge in [-0.3, -0.25) is 14.4 Å². The SMILES string of the molecule is CCN(CC(=O)NC(C)(C)C)C(=O)c1nn(-c2ccccc2)c(=O)c2ccccc12. The van der Waals surface area contributed by atoms with Gasteiger partial charge in [-0.1, -0.05) is 36.4 Å². The first kappa shape index (κ1) is 21.2. The maximum absolute atomic E-state index is 13.4. The minimum absolute atomic E-state index is 0.0902. The number of hydrogen-bond acceptors (Lipinski definition) is 4. The van der Waals surface area contributed by atoms with E-state index in [0.29, 0.717) is 23.0 Å². The maximum atomic E-state index is 13.4. The lowest BCUT2D eigenvalue weighted by Gasteiger charge is -2.25. The van der Waals surface area contributed by atoms with Crippen LogP contribution in [0.15, 0.2) is 59.4 Å². The quantitative estimate of drug-likeness (QED) is 0.706. The molecule has 3 aromatic rings. The number of carbonyl (C=O) groups is 2. The molecule has 0 spiro atoms. The average Bonchev–Trinajstić information content (AvgIpc) is 2.71. The van der Waals surface area contributed by atoms with Gasteiger partial charge in [0.25, 0.3) is 11.5 Å². The molecule has 0 unspecified atom stereocenters. The molecule has 1 aromatic heterocycles. The molecule has 3 rings (SSSR count). The maximum Gasteiger partial charge on any atom is 0.279 e. The molecular formula is C23H26N4O3. The fourth-order valence-corrected chi connectivity index (χ4v) is 3.20. The molecule has 0 radical (unpaired) electrons. The van der Waals surface area contributed by atoms with Crippen molar-refractivity contribution in [2.24, 2.45) is 0 Å². The minimum Gasteiger partial charge on any atom is -0.350 e. The van der Waals surface area contributed by atoms with Crippen LogP contribution in [0.5, 0.6) is 0 Å². The lowest BCUT2D eigenvalue weighted by Crippen LogP contribution is -2.47. The van der Waals surface area contributed by atoms with E-state index in [1.165, 1.54) is 9.58 Å².